The molecule has 0 aliphatic heterocycles. The molecule has 4 bridgehead atoms. The van der Waals surface area contributed by atoms with Crippen molar-refractivity contribution in [3.05, 3.63) is 58.7 Å². The van der Waals surface area contributed by atoms with Crippen molar-refractivity contribution in [3.8, 4) is 0 Å². The fourth-order valence-electron chi connectivity index (χ4n) is 7.67. The van der Waals surface area contributed by atoms with Crippen LogP contribution in [0.1, 0.15) is 72.4 Å². The fourth-order valence-corrected chi connectivity index (χ4v) is 7.67. The molecule has 3 N–H and O–H groups in total. The number of benzene rings is 1. The number of hydrogen-bond acceptors (Lipinski definition) is 11. The van der Waals surface area contributed by atoms with Gasteiger partial charge in [-0.25, -0.2) is 4.79 Å². The lowest BCUT2D eigenvalue weighted by molar-refractivity contribution is -0.167. The first-order valence-electron chi connectivity index (χ1n) is 15.7. The molecule has 1 aromatic carbocycles. The molecule has 0 saturated heterocycles. The number of ether oxygens (including phenoxy) is 3. The number of aliphatic hydroxyl groups excluding tert-OH is 3. The van der Waals surface area contributed by atoms with Crippen LogP contribution in [0.3, 0.4) is 0 Å². The summed E-state index contributed by atoms with van der Waals surface area (Å²) < 4.78 is 17.4. The van der Waals surface area contributed by atoms with E-state index in [1.165, 1.54) is 13.8 Å². The van der Waals surface area contributed by atoms with Crippen molar-refractivity contribution in [1.29, 1.82) is 0 Å². The van der Waals surface area contributed by atoms with Gasteiger partial charge in [-0.3, -0.25) is 19.3 Å². The van der Waals surface area contributed by atoms with Gasteiger partial charge < -0.3 is 29.5 Å². The van der Waals surface area contributed by atoms with E-state index in [4.69, 9.17) is 14.2 Å². The summed E-state index contributed by atoms with van der Waals surface area (Å²) in [5.74, 6) is -3.24. The molecule has 4 rings (SSSR count). The molecule has 0 radical (unpaired) electrons. The lowest BCUT2D eigenvalue weighted by Crippen LogP contribution is -2.56. The summed E-state index contributed by atoms with van der Waals surface area (Å²) in [7, 11) is 3.46. The third-order valence-corrected chi connectivity index (χ3v) is 10.1. The van der Waals surface area contributed by atoms with E-state index < -0.39 is 83.1 Å². The largest absolute Gasteiger partial charge is 0.458 e. The maximum absolute atomic E-state index is 14.2. The Labute approximate surface area is 270 Å². The zero-order chi connectivity index (χ0) is 34.3. The van der Waals surface area contributed by atoms with Gasteiger partial charge in [-0.1, -0.05) is 44.2 Å². The lowest BCUT2D eigenvalue weighted by Gasteiger charge is -2.51. The maximum atomic E-state index is 14.2. The molecule has 0 heterocycles. The molecule has 3 aliphatic carbocycles. The van der Waals surface area contributed by atoms with E-state index in [9.17, 15) is 34.5 Å². The Balaban J connectivity index is 1.82. The summed E-state index contributed by atoms with van der Waals surface area (Å²) in [5, 5.41) is 34.4. The van der Waals surface area contributed by atoms with Crippen LogP contribution in [0.25, 0.3) is 0 Å². The predicted molar refractivity (Wildman–Crippen MR) is 167 cm³/mol. The molecule has 46 heavy (non-hydrogen) atoms. The van der Waals surface area contributed by atoms with Crippen LogP contribution in [0.4, 0.5) is 0 Å². The summed E-state index contributed by atoms with van der Waals surface area (Å²) in [4.78, 5) is 54.0. The Morgan fingerprint density at radius 3 is 2.11 bits per heavy atom. The van der Waals surface area contributed by atoms with Gasteiger partial charge in [0, 0.05) is 26.2 Å². The standard InChI is InChI=1S/C35H47NO10/c1-18-24(44-19(2)37)15-23-26(45-20(3)38)14-22-17-35(6,32(42)30(40)28(18)34(23,4)5)27(39)16-25(22)46-33(43)31(41)29(36(7)8)21-12-10-9-11-13-21/h9-14,23-27,29-31,39-41H,15-17H2,1-8H3/b22-14+/t23-,24+,25+,26-,27+,29+,30-,31-,35+/m1/s1. The van der Waals surface area contributed by atoms with Crippen LogP contribution in [-0.4, -0.2) is 94.6 Å². The Bertz CT molecular complexity index is 1420. The topological polar surface area (TPSA) is 160 Å². The van der Waals surface area contributed by atoms with E-state index in [1.807, 2.05) is 19.9 Å². The third-order valence-electron chi connectivity index (χ3n) is 10.1. The van der Waals surface area contributed by atoms with E-state index in [-0.39, 0.29) is 19.3 Å². The van der Waals surface area contributed by atoms with Crippen molar-refractivity contribution >= 4 is 23.7 Å². The number of carbonyl (C=O) groups is 4. The summed E-state index contributed by atoms with van der Waals surface area (Å²) in [6, 6.07) is 8.28. The molecule has 3 aliphatic rings. The molecule has 0 unspecified atom stereocenters. The lowest BCUT2D eigenvalue weighted by atomic mass is 9.57. The zero-order valence-electron chi connectivity index (χ0n) is 27.9. The van der Waals surface area contributed by atoms with Gasteiger partial charge in [-0.05, 0) is 74.6 Å². The molecule has 11 nitrogen and oxygen atoms in total. The number of Topliss-reactive ketones (excluding diaryl/α,β-unsaturated/α-hetero) is 1. The number of aliphatic hydroxyl groups is 3. The molecule has 1 fully saturated rings. The maximum Gasteiger partial charge on any atom is 0.337 e. The molecule has 252 valence electrons. The number of rotatable bonds is 7. The highest BCUT2D eigenvalue weighted by atomic mass is 16.6. The minimum absolute atomic E-state index is 0.0987. The van der Waals surface area contributed by atoms with Crippen LogP contribution >= 0.6 is 0 Å². The molecule has 1 saturated carbocycles. The molecule has 1 aromatic rings. The highest BCUT2D eigenvalue weighted by Gasteiger charge is 2.56. The van der Waals surface area contributed by atoms with Crippen molar-refractivity contribution in [2.75, 3.05) is 14.1 Å². The molecule has 9 atom stereocenters. The van der Waals surface area contributed by atoms with Crippen LogP contribution in [0.2, 0.25) is 0 Å². The van der Waals surface area contributed by atoms with Gasteiger partial charge in [0.05, 0.1) is 17.6 Å². The van der Waals surface area contributed by atoms with Gasteiger partial charge in [0.25, 0.3) is 0 Å². The van der Waals surface area contributed by atoms with Crippen LogP contribution < -0.4 is 0 Å². The van der Waals surface area contributed by atoms with E-state index in [1.54, 1.807) is 63.2 Å². The minimum atomic E-state index is -1.65. The molecule has 0 aromatic heterocycles. The van der Waals surface area contributed by atoms with Crippen LogP contribution in [-0.2, 0) is 33.4 Å². The minimum Gasteiger partial charge on any atom is -0.458 e. The molecule has 0 amide bonds. The van der Waals surface area contributed by atoms with Crippen molar-refractivity contribution < 1.29 is 48.7 Å². The predicted octanol–water partition coefficient (Wildman–Crippen LogP) is 2.82. The van der Waals surface area contributed by atoms with Gasteiger partial charge in [-0.2, -0.15) is 0 Å². The Hall–Kier alpha value is -3.38. The van der Waals surface area contributed by atoms with Crippen molar-refractivity contribution in [3.63, 3.8) is 0 Å². The van der Waals surface area contributed by atoms with Crippen molar-refractivity contribution in [2.45, 2.75) is 103 Å². The number of ketones is 1. The average Bonchev–Trinajstić information content (AvgIpc) is 2.95. The smallest absolute Gasteiger partial charge is 0.337 e. The van der Waals surface area contributed by atoms with Crippen molar-refractivity contribution in [2.24, 2.45) is 16.7 Å². The van der Waals surface area contributed by atoms with Gasteiger partial charge in [0.2, 0.25) is 0 Å². The van der Waals surface area contributed by atoms with E-state index in [2.05, 4.69) is 0 Å². The van der Waals surface area contributed by atoms with Gasteiger partial charge in [-0.15, -0.1) is 0 Å². The number of nitrogens with zero attached hydrogens (tertiary/aromatic N) is 1. The second-order valence-electron chi connectivity index (χ2n) is 13.9. The van der Waals surface area contributed by atoms with Crippen LogP contribution in [0.5, 0.6) is 0 Å². The first-order valence-corrected chi connectivity index (χ1v) is 15.7. The SMILES string of the molecule is CC(=O)O[C@H]1C[C@@H]2[C@H](OC(C)=O)/C=C3\C[C@](C)(C(=O)[C@H](O)C(=C1C)C2(C)C)[C@@H](O)C[C@@H]3OC(=O)[C@H](O)[C@H](c1ccccc1)N(C)C. The second kappa shape index (κ2) is 13.4. The summed E-state index contributed by atoms with van der Waals surface area (Å²) >= 11 is 0. The van der Waals surface area contributed by atoms with E-state index in [0.717, 1.165) is 0 Å². The number of likely N-dealkylation sites (N-methyl/N-ethyl adjacent to an activating group) is 1. The quantitative estimate of drug-likeness (QED) is 0.228. The highest BCUT2D eigenvalue weighted by Crippen LogP contribution is 2.53. The highest BCUT2D eigenvalue weighted by molar-refractivity contribution is 5.92. The summed E-state index contributed by atoms with van der Waals surface area (Å²) in [6.07, 6.45) is -5.77. The molecular formula is C35H47NO10. The Kier molecular flexibility index (Phi) is 10.3. The second-order valence-corrected chi connectivity index (χ2v) is 13.9. The number of fused-ring (bicyclic) bond motifs is 4. The molecule has 11 heteroatoms. The van der Waals surface area contributed by atoms with E-state index in [0.29, 0.717) is 22.3 Å². The van der Waals surface area contributed by atoms with Gasteiger partial charge in [0.1, 0.15) is 24.4 Å². The van der Waals surface area contributed by atoms with Crippen molar-refractivity contribution in [1.82, 2.24) is 4.90 Å². The first-order chi connectivity index (χ1) is 21.4. The summed E-state index contributed by atoms with van der Waals surface area (Å²) in [6.45, 7) is 9.47. The zero-order valence-corrected chi connectivity index (χ0v) is 27.9. The Morgan fingerprint density at radius 2 is 1.54 bits per heavy atom. The van der Waals surface area contributed by atoms with Gasteiger partial charge >= 0.3 is 17.9 Å². The van der Waals surface area contributed by atoms with Gasteiger partial charge in [0.15, 0.2) is 11.9 Å². The first kappa shape index (κ1) is 35.5. The number of esters is 3. The molecular weight excluding hydrogens is 594 g/mol. The van der Waals surface area contributed by atoms with Crippen LogP contribution in [0, 0.1) is 16.7 Å². The molecule has 0 spiro atoms. The summed E-state index contributed by atoms with van der Waals surface area (Å²) in [5.41, 5.74) is -0.440. The normalized spacial score (nSPS) is 33.3. The average molecular weight is 642 g/mol. The van der Waals surface area contributed by atoms with Crippen LogP contribution in [0.15, 0.2) is 53.1 Å². The third kappa shape index (κ3) is 6.69. The monoisotopic (exact) mass is 641 g/mol. The Morgan fingerprint density at radius 1 is 0.935 bits per heavy atom. The number of hydrogen-bond donors (Lipinski definition) is 3. The number of carbonyl (C=O) groups excluding carboxylic acids is 4. The van der Waals surface area contributed by atoms with E-state index >= 15 is 0 Å². The fraction of sp³-hybridized carbons (Fsp3) is 0.600.